The van der Waals surface area contributed by atoms with Crippen LogP contribution in [0.5, 0.6) is 0 Å². The van der Waals surface area contributed by atoms with Crippen molar-refractivity contribution in [3.05, 3.63) is 0 Å². The molecule has 0 aromatic rings. The average molecular weight is 258 g/mol. The van der Waals surface area contributed by atoms with E-state index in [9.17, 15) is 9.59 Å². The fourth-order valence-corrected chi connectivity index (χ4v) is 1.69. The summed E-state index contributed by atoms with van der Waals surface area (Å²) < 4.78 is 0. The first-order valence-corrected chi connectivity index (χ1v) is 6.56. The smallest absolute Gasteiger partial charge is 0.317 e. The van der Waals surface area contributed by atoms with Crippen molar-refractivity contribution in [2.45, 2.75) is 59.5 Å². The molecule has 0 aliphatic carbocycles. The quantitative estimate of drug-likeness (QED) is 0.736. The molecule has 0 aliphatic rings. The number of carbonyl (C=O) groups is 2. The molecule has 1 atom stereocenters. The first-order chi connectivity index (χ1) is 8.27. The Morgan fingerprint density at radius 3 is 2.11 bits per heavy atom. The number of amides is 2. The number of hydrogen-bond donors (Lipinski definition) is 2. The van der Waals surface area contributed by atoms with E-state index in [-0.39, 0.29) is 24.5 Å². The lowest BCUT2D eigenvalue weighted by atomic mass is 10.1. The van der Waals surface area contributed by atoms with E-state index in [1.165, 1.54) is 0 Å². The van der Waals surface area contributed by atoms with Gasteiger partial charge in [-0.1, -0.05) is 20.8 Å². The highest BCUT2D eigenvalue weighted by Crippen LogP contribution is 2.06. The number of nitrogens with one attached hydrogen (secondary N) is 1. The minimum absolute atomic E-state index is 0.0319. The van der Waals surface area contributed by atoms with E-state index in [4.69, 9.17) is 5.11 Å². The zero-order valence-corrected chi connectivity index (χ0v) is 12.1. The van der Waals surface area contributed by atoms with Crippen molar-refractivity contribution in [3.63, 3.8) is 0 Å². The number of urea groups is 1. The van der Waals surface area contributed by atoms with Gasteiger partial charge in [0.05, 0.1) is 6.42 Å². The largest absolute Gasteiger partial charge is 0.481 e. The first kappa shape index (κ1) is 16.7. The number of hydrogen-bond acceptors (Lipinski definition) is 2. The third kappa shape index (κ3) is 6.47. The molecule has 0 aromatic carbocycles. The summed E-state index contributed by atoms with van der Waals surface area (Å²) in [6.45, 7) is 10.6. The molecule has 0 spiro atoms. The maximum absolute atomic E-state index is 12.1. The van der Waals surface area contributed by atoms with Gasteiger partial charge < -0.3 is 15.3 Å². The monoisotopic (exact) mass is 258 g/mol. The third-order valence-corrected chi connectivity index (χ3v) is 2.69. The van der Waals surface area contributed by atoms with Crippen LogP contribution in [-0.4, -0.2) is 40.6 Å². The van der Waals surface area contributed by atoms with Crippen LogP contribution in [0.25, 0.3) is 0 Å². The summed E-state index contributed by atoms with van der Waals surface area (Å²) in [5.41, 5.74) is 0. The van der Waals surface area contributed by atoms with Crippen molar-refractivity contribution in [3.8, 4) is 0 Å². The van der Waals surface area contributed by atoms with Gasteiger partial charge in [-0.05, 0) is 26.2 Å². The maximum atomic E-state index is 12.1. The molecule has 0 aliphatic heterocycles. The van der Waals surface area contributed by atoms with E-state index in [1.807, 2.05) is 20.8 Å². The highest BCUT2D eigenvalue weighted by molar-refractivity contribution is 5.76. The molecular weight excluding hydrogens is 232 g/mol. The van der Waals surface area contributed by atoms with E-state index in [2.05, 4.69) is 19.2 Å². The number of carboxylic acids is 1. The van der Waals surface area contributed by atoms with Crippen LogP contribution < -0.4 is 5.32 Å². The molecule has 0 saturated carbocycles. The second-order valence-corrected chi connectivity index (χ2v) is 5.29. The zero-order chi connectivity index (χ0) is 14.3. The molecule has 0 rings (SSSR count). The molecule has 5 nitrogen and oxygen atoms in total. The van der Waals surface area contributed by atoms with E-state index in [0.29, 0.717) is 18.9 Å². The molecule has 2 amide bonds. The Labute approximate surface area is 110 Å². The molecular formula is C13H26N2O3. The summed E-state index contributed by atoms with van der Waals surface area (Å²) in [6, 6.07) is -0.370. The molecule has 0 saturated heterocycles. The highest BCUT2D eigenvalue weighted by Gasteiger charge is 2.21. The van der Waals surface area contributed by atoms with Crippen LogP contribution in [0.3, 0.4) is 0 Å². The molecule has 0 bridgehead atoms. The highest BCUT2D eigenvalue weighted by atomic mass is 16.4. The molecule has 1 unspecified atom stereocenters. The predicted molar refractivity (Wildman–Crippen MR) is 71.5 cm³/mol. The van der Waals surface area contributed by atoms with Crippen molar-refractivity contribution < 1.29 is 14.7 Å². The molecule has 0 fully saturated rings. The lowest BCUT2D eigenvalue weighted by Crippen LogP contribution is -2.49. The Hall–Kier alpha value is -1.26. The Balaban J connectivity index is 4.52. The van der Waals surface area contributed by atoms with Gasteiger partial charge in [-0.15, -0.1) is 0 Å². The molecule has 0 aromatic heterocycles. The Morgan fingerprint density at radius 2 is 1.78 bits per heavy atom. The number of nitrogens with zero attached hydrogens (tertiary/aromatic N) is 1. The summed E-state index contributed by atoms with van der Waals surface area (Å²) >= 11 is 0. The Morgan fingerprint density at radius 1 is 1.22 bits per heavy atom. The fourth-order valence-electron chi connectivity index (χ4n) is 1.69. The van der Waals surface area contributed by atoms with Crippen LogP contribution >= 0.6 is 0 Å². The summed E-state index contributed by atoms with van der Waals surface area (Å²) in [6.07, 6.45) is 0.585. The van der Waals surface area contributed by atoms with Gasteiger partial charge in [0.2, 0.25) is 0 Å². The van der Waals surface area contributed by atoms with Crippen LogP contribution in [0.1, 0.15) is 47.5 Å². The van der Waals surface area contributed by atoms with Crippen LogP contribution in [0.15, 0.2) is 0 Å². The van der Waals surface area contributed by atoms with Crippen molar-refractivity contribution in [2.24, 2.45) is 5.92 Å². The second kappa shape index (κ2) is 7.95. The Kier molecular flexibility index (Phi) is 7.39. The van der Waals surface area contributed by atoms with Gasteiger partial charge in [-0.3, -0.25) is 4.79 Å². The zero-order valence-electron chi connectivity index (χ0n) is 12.1. The summed E-state index contributed by atoms with van der Waals surface area (Å²) in [7, 11) is 0. The molecule has 106 valence electrons. The van der Waals surface area contributed by atoms with Gasteiger partial charge in [0.25, 0.3) is 0 Å². The van der Waals surface area contributed by atoms with Crippen LogP contribution in [0, 0.1) is 5.92 Å². The lowest BCUT2D eigenvalue weighted by molar-refractivity contribution is -0.137. The van der Waals surface area contributed by atoms with Gasteiger partial charge in [0.1, 0.15) is 0 Å². The lowest BCUT2D eigenvalue weighted by Gasteiger charge is -2.30. The van der Waals surface area contributed by atoms with Gasteiger partial charge in [0, 0.05) is 18.6 Å². The van der Waals surface area contributed by atoms with Gasteiger partial charge >= 0.3 is 12.0 Å². The summed E-state index contributed by atoms with van der Waals surface area (Å²) in [5.74, 6) is -0.500. The van der Waals surface area contributed by atoms with Crippen molar-refractivity contribution in [1.82, 2.24) is 10.2 Å². The van der Waals surface area contributed by atoms with Crippen LogP contribution in [-0.2, 0) is 4.79 Å². The van der Waals surface area contributed by atoms with Gasteiger partial charge in [-0.2, -0.15) is 0 Å². The molecule has 2 N–H and O–H groups in total. The SMILES string of the molecule is CCC(CC(=O)O)NC(=O)N(CC(C)C)C(C)C. The first-order valence-electron chi connectivity index (χ1n) is 6.56. The fraction of sp³-hybridized carbons (Fsp3) is 0.846. The topological polar surface area (TPSA) is 69.6 Å². The molecule has 0 radical (unpaired) electrons. The van der Waals surface area contributed by atoms with Crippen molar-refractivity contribution in [2.75, 3.05) is 6.54 Å². The number of rotatable bonds is 7. The molecule has 5 heteroatoms. The van der Waals surface area contributed by atoms with Gasteiger partial charge in [0.15, 0.2) is 0 Å². The van der Waals surface area contributed by atoms with Crippen LogP contribution in [0.2, 0.25) is 0 Å². The number of aliphatic carboxylic acids is 1. The predicted octanol–water partition coefficient (Wildman–Crippen LogP) is 2.32. The normalized spacial score (nSPS) is 12.6. The van der Waals surface area contributed by atoms with Crippen molar-refractivity contribution in [1.29, 1.82) is 0 Å². The number of carbonyl (C=O) groups excluding carboxylic acids is 1. The standard InChI is InChI=1S/C13H26N2O3/c1-6-11(7-12(16)17)14-13(18)15(10(4)5)8-9(2)3/h9-11H,6-8H2,1-5H3,(H,14,18)(H,16,17). The minimum Gasteiger partial charge on any atom is -0.481 e. The summed E-state index contributed by atoms with van der Waals surface area (Å²) in [5, 5.41) is 11.5. The number of carboxylic acid groups (broad SMARTS) is 1. The van der Waals surface area contributed by atoms with Crippen molar-refractivity contribution >= 4 is 12.0 Å². The average Bonchev–Trinajstić information content (AvgIpc) is 2.23. The second-order valence-electron chi connectivity index (χ2n) is 5.29. The molecule has 18 heavy (non-hydrogen) atoms. The molecule has 0 heterocycles. The van der Waals surface area contributed by atoms with E-state index >= 15 is 0 Å². The Bertz CT molecular complexity index is 277. The van der Waals surface area contributed by atoms with E-state index in [0.717, 1.165) is 0 Å². The summed E-state index contributed by atoms with van der Waals surface area (Å²) in [4.78, 5) is 24.5. The minimum atomic E-state index is -0.887. The van der Waals surface area contributed by atoms with E-state index < -0.39 is 5.97 Å². The maximum Gasteiger partial charge on any atom is 0.317 e. The van der Waals surface area contributed by atoms with E-state index in [1.54, 1.807) is 4.90 Å². The van der Waals surface area contributed by atoms with Gasteiger partial charge in [-0.25, -0.2) is 4.79 Å². The third-order valence-electron chi connectivity index (χ3n) is 2.69. The van der Waals surface area contributed by atoms with Crippen LogP contribution in [0.4, 0.5) is 4.79 Å².